The standard InChI is InChI=1S/C13H24N4O2/c1-8(2)11(12(14)16-19)13(18)15-10-7-17-5-3-9(10)4-6-17/h8-11,19H,3-7H2,1-2H3,(H2,14,16)(H,15,18). The van der Waals surface area contributed by atoms with E-state index in [2.05, 4.69) is 15.4 Å². The summed E-state index contributed by atoms with van der Waals surface area (Å²) >= 11 is 0. The van der Waals surface area contributed by atoms with Gasteiger partial charge in [-0.25, -0.2) is 0 Å². The van der Waals surface area contributed by atoms with Crippen molar-refractivity contribution in [2.75, 3.05) is 19.6 Å². The molecule has 0 aromatic heterocycles. The van der Waals surface area contributed by atoms with Gasteiger partial charge in [0.25, 0.3) is 0 Å². The molecule has 2 bridgehead atoms. The second-order valence-electron chi connectivity index (χ2n) is 6.00. The third-order valence-electron chi connectivity index (χ3n) is 4.37. The van der Waals surface area contributed by atoms with Gasteiger partial charge in [0.15, 0.2) is 5.84 Å². The third kappa shape index (κ3) is 3.00. The predicted octanol–water partition coefficient (Wildman–Crippen LogP) is 0.215. The molecule has 3 aliphatic rings. The Morgan fingerprint density at radius 2 is 2.05 bits per heavy atom. The molecular weight excluding hydrogens is 244 g/mol. The van der Waals surface area contributed by atoms with E-state index in [1.165, 1.54) is 0 Å². The minimum Gasteiger partial charge on any atom is -0.409 e. The molecule has 6 heteroatoms. The van der Waals surface area contributed by atoms with Crippen LogP contribution in [0.15, 0.2) is 5.16 Å². The Morgan fingerprint density at radius 1 is 1.42 bits per heavy atom. The summed E-state index contributed by atoms with van der Waals surface area (Å²) in [5, 5.41) is 14.9. The molecule has 2 unspecified atom stereocenters. The molecule has 108 valence electrons. The molecule has 0 radical (unpaired) electrons. The SMILES string of the molecule is CC(C)C(C(=O)NC1CN2CCC1CC2)C(N)=NO. The molecule has 4 N–H and O–H groups in total. The topological polar surface area (TPSA) is 91.0 Å². The van der Waals surface area contributed by atoms with Crippen molar-refractivity contribution in [3.05, 3.63) is 0 Å². The first kappa shape index (κ1) is 14.1. The fourth-order valence-electron chi connectivity index (χ4n) is 3.24. The zero-order valence-electron chi connectivity index (χ0n) is 11.7. The molecule has 6 nitrogen and oxygen atoms in total. The molecule has 3 heterocycles. The summed E-state index contributed by atoms with van der Waals surface area (Å²) in [7, 11) is 0. The molecular formula is C13H24N4O2. The maximum atomic E-state index is 12.3. The van der Waals surface area contributed by atoms with Gasteiger partial charge in [0.1, 0.15) is 5.92 Å². The Labute approximate surface area is 114 Å². The lowest BCUT2D eigenvalue weighted by Gasteiger charge is -2.45. The number of rotatable bonds is 4. The summed E-state index contributed by atoms with van der Waals surface area (Å²) in [6, 6.07) is 0.211. The maximum Gasteiger partial charge on any atom is 0.231 e. The van der Waals surface area contributed by atoms with Gasteiger partial charge in [-0.3, -0.25) is 4.79 Å². The number of hydrogen-bond donors (Lipinski definition) is 3. The van der Waals surface area contributed by atoms with Crippen LogP contribution in [-0.2, 0) is 4.79 Å². The first-order chi connectivity index (χ1) is 9.02. The van der Waals surface area contributed by atoms with Crippen LogP contribution >= 0.6 is 0 Å². The van der Waals surface area contributed by atoms with E-state index in [0.29, 0.717) is 5.92 Å². The van der Waals surface area contributed by atoms with Crippen molar-refractivity contribution in [3.8, 4) is 0 Å². The van der Waals surface area contributed by atoms with E-state index in [1.54, 1.807) is 0 Å². The lowest BCUT2D eigenvalue weighted by atomic mass is 9.83. The van der Waals surface area contributed by atoms with Crippen LogP contribution in [0.4, 0.5) is 0 Å². The van der Waals surface area contributed by atoms with Gasteiger partial charge in [-0.05, 0) is 37.8 Å². The molecule has 19 heavy (non-hydrogen) atoms. The Balaban J connectivity index is 1.99. The Bertz CT molecular complexity index is 362. The van der Waals surface area contributed by atoms with Crippen molar-refractivity contribution in [2.45, 2.75) is 32.7 Å². The van der Waals surface area contributed by atoms with Crippen LogP contribution in [0.2, 0.25) is 0 Å². The van der Waals surface area contributed by atoms with Crippen LogP contribution in [0.3, 0.4) is 0 Å². The number of nitrogens with two attached hydrogens (primary N) is 1. The fraction of sp³-hybridized carbons (Fsp3) is 0.846. The summed E-state index contributed by atoms with van der Waals surface area (Å²) in [5.74, 6) is -0.0932. The molecule has 2 atom stereocenters. The van der Waals surface area contributed by atoms with Crippen molar-refractivity contribution in [1.29, 1.82) is 0 Å². The zero-order chi connectivity index (χ0) is 14.0. The van der Waals surface area contributed by atoms with Gasteiger partial charge >= 0.3 is 0 Å². The fourth-order valence-corrected chi connectivity index (χ4v) is 3.24. The maximum absolute atomic E-state index is 12.3. The largest absolute Gasteiger partial charge is 0.409 e. The van der Waals surface area contributed by atoms with Gasteiger partial charge in [-0.15, -0.1) is 0 Å². The number of oxime groups is 1. The number of nitrogens with one attached hydrogen (secondary N) is 1. The summed E-state index contributed by atoms with van der Waals surface area (Å²) in [4.78, 5) is 14.7. The molecule has 3 rings (SSSR count). The van der Waals surface area contributed by atoms with Gasteiger partial charge in [0.05, 0.1) is 0 Å². The van der Waals surface area contributed by atoms with Gasteiger partial charge in [0, 0.05) is 12.6 Å². The Kier molecular flexibility index (Phi) is 4.29. The quantitative estimate of drug-likeness (QED) is 0.294. The summed E-state index contributed by atoms with van der Waals surface area (Å²) in [5.41, 5.74) is 5.63. The molecule has 3 aliphatic heterocycles. The van der Waals surface area contributed by atoms with Crippen LogP contribution in [-0.4, -0.2) is 47.5 Å². The second kappa shape index (κ2) is 5.77. The molecule has 0 spiro atoms. The Morgan fingerprint density at radius 3 is 2.47 bits per heavy atom. The van der Waals surface area contributed by atoms with Crippen LogP contribution in [0.1, 0.15) is 26.7 Å². The monoisotopic (exact) mass is 268 g/mol. The molecule has 0 aliphatic carbocycles. The number of carbonyl (C=O) groups excluding carboxylic acids is 1. The van der Waals surface area contributed by atoms with E-state index in [9.17, 15) is 4.79 Å². The minimum absolute atomic E-state index is 0.00576. The molecule has 0 saturated carbocycles. The Hall–Kier alpha value is -1.30. The van der Waals surface area contributed by atoms with E-state index in [-0.39, 0.29) is 23.7 Å². The summed E-state index contributed by atoms with van der Waals surface area (Å²) in [6.07, 6.45) is 2.31. The van der Waals surface area contributed by atoms with E-state index >= 15 is 0 Å². The van der Waals surface area contributed by atoms with Gasteiger partial charge in [-0.1, -0.05) is 19.0 Å². The van der Waals surface area contributed by atoms with Gasteiger partial charge < -0.3 is 21.2 Å². The van der Waals surface area contributed by atoms with E-state index in [4.69, 9.17) is 10.9 Å². The van der Waals surface area contributed by atoms with E-state index in [0.717, 1.165) is 32.5 Å². The van der Waals surface area contributed by atoms with Crippen LogP contribution in [0.25, 0.3) is 0 Å². The number of fused-ring (bicyclic) bond motifs is 3. The first-order valence-corrected chi connectivity index (χ1v) is 7.03. The molecule has 3 saturated heterocycles. The summed E-state index contributed by atoms with van der Waals surface area (Å²) in [6.45, 7) is 7.02. The highest BCUT2D eigenvalue weighted by molar-refractivity contribution is 6.02. The number of amidine groups is 1. The van der Waals surface area contributed by atoms with Gasteiger partial charge in [-0.2, -0.15) is 0 Å². The number of carbonyl (C=O) groups is 1. The number of amides is 1. The van der Waals surface area contributed by atoms with E-state index < -0.39 is 5.92 Å². The van der Waals surface area contributed by atoms with Crippen molar-refractivity contribution >= 4 is 11.7 Å². The second-order valence-corrected chi connectivity index (χ2v) is 6.00. The number of nitrogens with zero attached hydrogens (tertiary/aromatic N) is 2. The molecule has 1 amide bonds. The highest BCUT2D eigenvalue weighted by atomic mass is 16.4. The summed E-state index contributed by atoms with van der Waals surface area (Å²) < 4.78 is 0. The molecule has 0 aromatic carbocycles. The first-order valence-electron chi connectivity index (χ1n) is 7.03. The van der Waals surface area contributed by atoms with Crippen LogP contribution < -0.4 is 11.1 Å². The lowest BCUT2D eigenvalue weighted by Crippen LogP contribution is -2.59. The molecule has 3 fully saturated rings. The van der Waals surface area contributed by atoms with Crippen molar-refractivity contribution in [2.24, 2.45) is 28.6 Å². The van der Waals surface area contributed by atoms with Crippen LogP contribution in [0.5, 0.6) is 0 Å². The van der Waals surface area contributed by atoms with Gasteiger partial charge in [0.2, 0.25) is 5.91 Å². The highest BCUT2D eigenvalue weighted by Gasteiger charge is 2.37. The minimum atomic E-state index is -0.555. The average Bonchev–Trinajstić information content (AvgIpc) is 2.39. The smallest absolute Gasteiger partial charge is 0.231 e. The number of hydrogen-bond acceptors (Lipinski definition) is 4. The van der Waals surface area contributed by atoms with E-state index in [1.807, 2.05) is 13.8 Å². The highest BCUT2D eigenvalue weighted by Crippen LogP contribution is 2.27. The van der Waals surface area contributed by atoms with Crippen molar-refractivity contribution in [1.82, 2.24) is 10.2 Å². The number of piperidine rings is 3. The zero-order valence-corrected chi connectivity index (χ0v) is 11.7. The molecule has 0 aromatic rings. The average molecular weight is 268 g/mol. The lowest BCUT2D eigenvalue weighted by molar-refractivity contribution is -0.126. The normalized spacial score (nSPS) is 32.4. The predicted molar refractivity (Wildman–Crippen MR) is 72.8 cm³/mol. The third-order valence-corrected chi connectivity index (χ3v) is 4.37. The van der Waals surface area contributed by atoms with Crippen LogP contribution in [0, 0.1) is 17.8 Å². The van der Waals surface area contributed by atoms with Crippen molar-refractivity contribution in [3.63, 3.8) is 0 Å². The van der Waals surface area contributed by atoms with Crippen molar-refractivity contribution < 1.29 is 10.0 Å².